The quantitative estimate of drug-likeness (QED) is 0.745. The average molecular weight is 415 g/mol. The predicted octanol–water partition coefficient (Wildman–Crippen LogP) is 4.44. The number of imide groups is 1. The molecule has 4 rings (SSSR count). The number of halogens is 1. The van der Waals surface area contributed by atoms with E-state index in [0.29, 0.717) is 17.1 Å². The van der Waals surface area contributed by atoms with Crippen molar-refractivity contribution >= 4 is 46.1 Å². The molecule has 2 aromatic carbocycles. The summed E-state index contributed by atoms with van der Waals surface area (Å²) < 4.78 is 0. The highest BCUT2D eigenvalue weighted by atomic mass is 35.5. The van der Waals surface area contributed by atoms with Gasteiger partial charge in [-0.25, -0.2) is 0 Å². The number of thioether (sulfide) groups is 1. The van der Waals surface area contributed by atoms with Gasteiger partial charge in [0.2, 0.25) is 5.91 Å². The van der Waals surface area contributed by atoms with Gasteiger partial charge in [-0.15, -0.1) is 0 Å². The summed E-state index contributed by atoms with van der Waals surface area (Å²) >= 11 is 7.20. The lowest BCUT2D eigenvalue weighted by Gasteiger charge is -2.31. The first kappa shape index (κ1) is 19.0. The first-order chi connectivity index (χ1) is 13.4. The molecule has 0 aliphatic carbocycles. The molecule has 2 heterocycles. The van der Waals surface area contributed by atoms with Crippen molar-refractivity contribution in [2.24, 2.45) is 0 Å². The van der Waals surface area contributed by atoms with E-state index < -0.39 is 0 Å². The molecule has 7 heteroatoms. The summed E-state index contributed by atoms with van der Waals surface area (Å²) in [6, 6.07) is 11.0. The summed E-state index contributed by atoms with van der Waals surface area (Å²) in [5.74, 6) is -0.0880. The Bertz CT molecular complexity index is 976. The molecule has 3 amide bonds. The normalized spacial score (nSPS) is 16.5. The predicted molar refractivity (Wildman–Crippen MR) is 111 cm³/mol. The second-order valence-corrected chi connectivity index (χ2v) is 8.39. The van der Waals surface area contributed by atoms with Crippen LogP contribution in [0, 0.1) is 6.92 Å². The number of nitrogens with zero attached hydrogens (tertiary/aromatic N) is 2. The van der Waals surface area contributed by atoms with Crippen LogP contribution >= 0.6 is 23.4 Å². The van der Waals surface area contributed by atoms with Crippen LogP contribution in [-0.2, 0) is 17.8 Å². The molecule has 0 atom stereocenters. The maximum Gasteiger partial charge on any atom is 0.289 e. The Hall–Kier alpha value is -2.31. The Labute approximate surface area is 172 Å². The topological polar surface area (TPSA) is 57.7 Å². The number of aryl methyl sites for hydroxylation is 2. The number of benzene rings is 2. The van der Waals surface area contributed by atoms with Gasteiger partial charge in [0.05, 0.1) is 18.0 Å². The molecule has 2 aliphatic heterocycles. The van der Waals surface area contributed by atoms with Gasteiger partial charge in [-0.1, -0.05) is 35.5 Å². The molecule has 5 nitrogen and oxygen atoms in total. The Balaban J connectivity index is 1.62. The number of carbonyl (C=O) groups excluding carboxylic acids is 3. The van der Waals surface area contributed by atoms with E-state index in [1.807, 2.05) is 30.0 Å². The van der Waals surface area contributed by atoms with E-state index in [-0.39, 0.29) is 29.4 Å². The molecule has 0 radical (unpaired) electrons. The molecule has 1 fully saturated rings. The zero-order valence-electron chi connectivity index (χ0n) is 15.4. The van der Waals surface area contributed by atoms with Crippen LogP contribution in [-0.4, -0.2) is 34.3 Å². The highest BCUT2D eigenvalue weighted by molar-refractivity contribution is 8.14. The summed E-state index contributed by atoms with van der Waals surface area (Å²) in [5, 5.41) is 0.449. The van der Waals surface area contributed by atoms with Crippen LogP contribution in [0.25, 0.3) is 0 Å². The molecular weight excluding hydrogens is 396 g/mol. The van der Waals surface area contributed by atoms with Crippen molar-refractivity contribution in [2.75, 3.05) is 17.2 Å². The number of hydrogen-bond donors (Lipinski definition) is 0. The molecule has 2 aliphatic rings. The third-order valence-electron chi connectivity index (χ3n) is 5.04. The van der Waals surface area contributed by atoms with E-state index in [1.165, 1.54) is 4.90 Å². The van der Waals surface area contributed by atoms with Gasteiger partial charge in [-0.2, -0.15) is 0 Å². The Morgan fingerprint density at radius 3 is 2.79 bits per heavy atom. The highest BCUT2D eigenvalue weighted by Crippen LogP contribution is 2.34. The van der Waals surface area contributed by atoms with Crippen molar-refractivity contribution in [3.8, 4) is 0 Å². The van der Waals surface area contributed by atoms with Gasteiger partial charge in [-0.05, 0) is 60.7 Å². The van der Waals surface area contributed by atoms with E-state index >= 15 is 0 Å². The number of hydrogen-bond acceptors (Lipinski definition) is 4. The minimum Gasteiger partial charge on any atom is -0.308 e. The molecule has 0 spiro atoms. The molecule has 0 N–H and O–H groups in total. The van der Waals surface area contributed by atoms with Crippen LogP contribution in [0.4, 0.5) is 10.5 Å². The Morgan fingerprint density at radius 1 is 1.21 bits per heavy atom. The Morgan fingerprint density at radius 2 is 2.04 bits per heavy atom. The van der Waals surface area contributed by atoms with Gasteiger partial charge in [0.1, 0.15) is 0 Å². The highest BCUT2D eigenvalue weighted by Gasteiger charge is 2.30. The van der Waals surface area contributed by atoms with Crippen LogP contribution < -0.4 is 4.90 Å². The smallest absolute Gasteiger partial charge is 0.289 e. The van der Waals surface area contributed by atoms with Crippen molar-refractivity contribution in [1.29, 1.82) is 0 Å². The molecule has 28 heavy (non-hydrogen) atoms. The van der Waals surface area contributed by atoms with Crippen LogP contribution in [0.2, 0.25) is 5.02 Å². The third-order valence-corrected chi connectivity index (χ3v) is 6.12. The second-order valence-electron chi connectivity index (χ2n) is 7.03. The second kappa shape index (κ2) is 7.60. The van der Waals surface area contributed by atoms with Gasteiger partial charge in [-0.3, -0.25) is 19.3 Å². The minimum absolute atomic E-state index is 0.0818. The van der Waals surface area contributed by atoms with Crippen molar-refractivity contribution in [3.05, 3.63) is 63.7 Å². The summed E-state index contributed by atoms with van der Waals surface area (Å²) in [6.07, 6.45) is 1.78. The summed E-state index contributed by atoms with van der Waals surface area (Å²) in [7, 11) is 0. The first-order valence-corrected chi connectivity index (χ1v) is 10.5. The molecule has 0 bridgehead atoms. The van der Waals surface area contributed by atoms with Crippen LogP contribution in [0.1, 0.15) is 33.5 Å². The van der Waals surface area contributed by atoms with Gasteiger partial charge in [0.15, 0.2) is 0 Å². The van der Waals surface area contributed by atoms with Gasteiger partial charge >= 0.3 is 0 Å². The molecule has 0 aromatic heterocycles. The summed E-state index contributed by atoms with van der Waals surface area (Å²) in [6.45, 7) is 2.81. The van der Waals surface area contributed by atoms with E-state index in [1.54, 1.807) is 18.2 Å². The van der Waals surface area contributed by atoms with Crippen LogP contribution in [0.15, 0.2) is 36.4 Å². The lowest BCUT2D eigenvalue weighted by Crippen LogP contribution is -2.36. The van der Waals surface area contributed by atoms with E-state index in [0.717, 1.165) is 47.0 Å². The summed E-state index contributed by atoms with van der Waals surface area (Å²) in [5.41, 5.74) is 4.32. The molecule has 0 unspecified atom stereocenters. The number of carbonyl (C=O) groups is 3. The van der Waals surface area contributed by atoms with Crippen molar-refractivity contribution in [2.45, 2.75) is 26.3 Å². The molecular formula is C21H19ClN2O3S. The summed E-state index contributed by atoms with van der Waals surface area (Å²) in [4.78, 5) is 40.0. The first-order valence-electron chi connectivity index (χ1n) is 9.11. The lowest BCUT2D eigenvalue weighted by molar-refractivity contribution is -0.125. The van der Waals surface area contributed by atoms with E-state index in [4.69, 9.17) is 11.6 Å². The van der Waals surface area contributed by atoms with E-state index in [2.05, 4.69) is 0 Å². The lowest BCUT2D eigenvalue weighted by atomic mass is 9.97. The van der Waals surface area contributed by atoms with E-state index in [9.17, 15) is 14.4 Å². The third kappa shape index (κ3) is 3.54. The Kier molecular flexibility index (Phi) is 5.17. The largest absolute Gasteiger partial charge is 0.308 e. The standard InChI is InChI=1S/C21H19ClN2O3S/c1-13-8-17(22)10-15-6-3-7-23(19(13)15)20(26)16-5-2-4-14(9-16)11-24-18(25)12-28-21(24)27/h2,4-5,8-10H,3,6-7,11-12H2,1H3. The van der Waals surface area contributed by atoms with Crippen molar-refractivity contribution < 1.29 is 14.4 Å². The zero-order chi connectivity index (χ0) is 19.8. The van der Waals surface area contributed by atoms with Crippen molar-refractivity contribution in [3.63, 3.8) is 0 Å². The van der Waals surface area contributed by atoms with Gasteiger partial charge in [0, 0.05) is 17.1 Å². The minimum atomic E-state index is -0.237. The zero-order valence-corrected chi connectivity index (χ0v) is 17.0. The SMILES string of the molecule is Cc1cc(Cl)cc2c1N(C(=O)c1cccc(CN3C(=O)CSC3=O)c1)CCC2. The fraction of sp³-hybridized carbons (Fsp3) is 0.286. The number of rotatable bonds is 3. The monoisotopic (exact) mass is 414 g/mol. The number of anilines is 1. The number of fused-ring (bicyclic) bond motifs is 1. The van der Waals surface area contributed by atoms with Gasteiger partial charge in [0.25, 0.3) is 11.1 Å². The van der Waals surface area contributed by atoms with Crippen LogP contribution in [0.5, 0.6) is 0 Å². The molecule has 0 saturated carbocycles. The average Bonchev–Trinajstić information content (AvgIpc) is 2.99. The van der Waals surface area contributed by atoms with Crippen molar-refractivity contribution in [1.82, 2.24) is 4.90 Å². The van der Waals surface area contributed by atoms with Gasteiger partial charge < -0.3 is 4.90 Å². The maximum atomic E-state index is 13.3. The molecule has 144 valence electrons. The molecule has 2 aromatic rings. The fourth-order valence-corrected chi connectivity index (χ4v) is 4.82. The number of amides is 3. The molecule has 1 saturated heterocycles. The fourth-order valence-electron chi connectivity index (χ4n) is 3.80. The maximum absolute atomic E-state index is 13.3. The van der Waals surface area contributed by atoms with Crippen LogP contribution in [0.3, 0.4) is 0 Å².